The molecule has 3 nitrogen and oxygen atoms in total. The summed E-state index contributed by atoms with van der Waals surface area (Å²) in [5.41, 5.74) is 4.75. The van der Waals surface area contributed by atoms with Gasteiger partial charge in [-0.1, -0.05) is 12.1 Å². The van der Waals surface area contributed by atoms with Crippen LogP contribution in [-0.4, -0.2) is 10.4 Å². The summed E-state index contributed by atoms with van der Waals surface area (Å²) < 4.78 is 1.57. The number of nitrogens with zero attached hydrogens (tertiary/aromatic N) is 1. The summed E-state index contributed by atoms with van der Waals surface area (Å²) in [6, 6.07) is 9.94. The van der Waals surface area contributed by atoms with Crippen LogP contribution in [0.15, 0.2) is 35.1 Å². The Kier molecular flexibility index (Phi) is 3.50. The molecular weight excluding hydrogens is 262 g/mol. The highest BCUT2D eigenvalue weighted by Gasteiger charge is 2.13. The van der Waals surface area contributed by atoms with Crippen LogP contribution in [0.25, 0.3) is 11.3 Å². The number of hydrogen-bond acceptors (Lipinski definition) is 2. The Labute approximate surface area is 124 Å². The number of Topliss-reactive ketones (excluding diaryl/α,β-unsaturated/α-hetero) is 1. The van der Waals surface area contributed by atoms with Crippen LogP contribution in [0, 0.1) is 0 Å². The fourth-order valence-electron chi connectivity index (χ4n) is 3.09. The Morgan fingerprint density at radius 3 is 2.48 bits per heavy atom. The zero-order valence-electron chi connectivity index (χ0n) is 12.5. The van der Waals surface area contributed by atoms with E-state index in [2.05, 4.69) is 18.2 Å². The van der Waals surface area contributed by atoms with Crippen molar-refractivity contribution in [3.8, 4) is 11.3 Å². The molecule has 1 aromatic heterocycles. The predicted molar refractivity (Wildman–Crippen MR) is 83.8 cm³/mol. The van der Waals surface area contributed by atoms with Gasteiger partial charge >= 0.3 is 0 Å². The smallest absolute Gasteiger partial charge is 0.261 e. The standard InChI is InChI=1S/C18H19NO2/c1-12(20)16-9-10-17(19(2)18(16)21)15-8-7-13-5-3-4-6-14(13)11-15/h7-11H,3-6H2,1-2H3. The molecule has 108 valence electrons. The van der Waals surface area contributed by atoms with E-state index < -0.39 is 0 Å². The first kappa shape index (κ1) is 13.8. The van der Waals surface area contributed by atoms with Crippen LogP contribution in [0.1, 0.15) is 41.3 Å². The van der Waals surface area contributed by atoms with Gasteiger partial charge in [-0.15, -0.1) is 0 Å². The first-order valence-corrected chi connectivity index (χ1v) is 7.41. The minimum atomic E-state index is -0.224. The zero-order chi connectivity index (χ0) is 15.0. The number of pyridine rings is 1. The maximum atomic E-state index is 12.2. The molecule has 0 N–H and O–H groups in total. The van der Waals surface area contributed by atoms with Gasteiger partial charge < -0.3 is 4.57 Å². The van der Waals surface area contributed by atoms with Crippen molar-refractivity contribution in [3.05, 3.63) is 57.4 Å². The minimum absolute atomic E-state index is 0.187. The van der Waals surface area contributed by atoms with Crippen molar-refractivity contribution in [1.29, 1.82) is 0 Å². The van der Waals surface area contributed by atoms with Gasteiger partial charge in [-0.25, -0.2) is 0 Å². The molecule has 0 atom stereocenters. The normalized spacial score (nSPS) is 13.8. The average Bonchev–Trinajstić information content (AvgIpc) is 2.49. The second kappa shape index (κ2) is 5.32. The van der Waals surface area contributed by atoms with Gasteiger partial charge in [0.15, 0.2) is 5.78 Å². The van der Waals surface area contributed by atoms with Crippen LogP contribution in [0.5, 0.6) is 0 Å². The largest absolute Gasteiger partial charge is 0.311 e. The van der Waals surface area contributed by atoms with Gasteiger partial charge in [0.25, 0.3) is 5.56 Å². The Bertz CT molecular complexity index is 771. The van der Waals surface area contributed by atoms with E-state index >= 15 is 0 Å². The molecular formula is C18H19NO2. The number of rotatable bonds is 2. The Hall–Kier alpha value is -2.16. The highest BCUT2D eigenvalue weighted by atomic mass is 16.1. The van der Waals surface area contributed by atoms with E-state index in [-0.39, 0.29) is 16.9 Å². The fourth-order valence-corrected chi connectivity index (χ4v) is 3.09. The summed E-state index contributed by atoms with van der Waals surface area (Å²) in [6.07, 6.45) is 4.76. The summed E-state index contributed by atoms with van der Waals surface area (Å²) in [5.74, 6) is -0.187. The van der Waals surface area contributed by atoms with Gasteiger partial charge in [0.2, 0.25) is 0 Å². The van der Waals surface area contributed by atoms with Crippen molar-refractivity contribution in [2.75, 3.05) is 0 Å². The third-order valence-electron chi connectivity index (χ3n) is 4.33. The van der Waals surface area contributed by atoms with Crippen molar-refractivity contribution in [2.24, 2.45) is 7.05 Å². The number of carbonyl (C=O) groups is 1. The van der Waals surface area contributed by atoms with Crippen LogP contribution >= 0.6 is 0 Å². The van der Waals surface area contributed by atoms with E-state index in [1.807, 2.05) is 6.07 Å². The third kappa shape index (κ3) is 2.44. The fraction of sp³-hybridized carbons (Fsp3) is 0.333. The summed E-state index contributed by atoms with van der Waals surface area (Å²) in [5, 5.41) is 0. The molecule has 0 unspecified atom stereocenters. The zero-order valence-corrected chi connectivity index (χ0v) is 12.5. The van der Waals surface area contributed by atoms with Gasteiger partial charge in [0.1, 0.15) is 0 Å². The number of aryl methyl sites for hydroxylation is 2. The highest BCUT2D eigenvalue weighted by Crippen LogP contribution is 2.26. The van der Waals surface area contributed by atoms with Crippen LogP contribution in [0.3, 0.4) is 0 Å². The molecule has 0 amide bonds. The number of fused-ring (bicyclic) bond motifs is 1. The van der Waals surface area contributed by atoms with E-state index in [0.29, 0.717) is 0 Å². The molecule has 1 aromatic carbocycles. The van der Waals surface area contributed by atoms with Gasteiger partial charge in [-0.3, -0.25) is 9.59 Å². The number of carbonyl (C=O) groups excluding carboxylic acids is 1. The van der Waals surface area contributed by atoms with E-state index in [4.69, 9.17) is 0 Å². The maximum absolute atomic E-state index is 12.2. The summed E-state index contributed by atoms with van der Waals surface area (Å²) in [4.78, 5) is 23.7. The monoisotopic (exact) mass is 281 g/mol. The quantitative estimate of drug-likeness (QED) is 0.793. The van der Waals surface area contributed by atoms with E-state index in [9.17, 15) is 9.59 Å². The summed E-state index contributed by atoms with van der Waals surface area (Å²) in [7, 11) is 1.73. The molecule has 0 fully saturated rings. The molecule has 0 radical (unpaired) electrons. The van der Waals surface area contributed by atoms with Gasteiger partial charge in [-0.2, -0.15) is 0 Å². The molecule has 1 aliphatic rings. The molecule has 1 aliphatic carbocycles. The second-order valence-electron chi connectivity index (χ2n) is 5.74. The average molecular weight is 281 g/mol. The van der Waals surface area contributed by atoms with Crippen LogP contribution < -0.4 is 5.56 Å². The van der Waals surface area contributed by atoms with E-state index in [1.165, 1.54) is 30.9 Å². The van der Waals surface area contributed by atoms with Gasteiger partial charge in [0.05, 0.1) is 11.3 Å². The Morgan fingerprint density at radius 2 is 1.76 bits per heavy atom. The van der Waals surface area contributed by atoms with Crippen molar-refractivity contribution < 1.29 is 4.79 Å². The van der Waals surface area contributed by atoms with Crippen molar-refractivity contribution in [1.82, 2.24) is 4.57 Å². The van der Waals surface area contributed by atoms with Gasteiger partial charge in [0, 0.05) is 7.05 Å². The SMILES string of the molecule is CC(=O)c1ccc(-c2ccc3c(c2)CCCC3)n(C)c1=O. The topological polar surface area (TPSA) is 39.1 Å². The summed E-state index contributed by atoms with van der Waals surface area (Å²) in [6.45, 7) is 1.43. The van der Waals surface area contributed by atoms with E-state index in [0.717, 1.165) is 24.1 Å². The minimum Gasteiger partial charge on any atom is -0.311 e. The molecule has 0 aliphatic heterocycles. The Balaban J connectivity index is 2.11. The Morgan fingerprint density at radius 1 is 1.05 bits per heavy atom. The van der Waals surface area contributed by atoms with Crippen LogP contribution in [-0.2, 0) is 19.9 Å². The van der Waals surface area contributed by atoms with Crippen LogP contribution in [0.2, 0.25) is 0 Å². The van der Waals surface area contributed by atoms with Crippen LogP contribution in [0.4, 0.5) is 0 Å². The highest BCUT2D eigenvalue weighted by molar-refractivity contribution is 5.94. The number of aromatic nitrogens is 1. The molecule has 1 heterocycles. The lowest BCUT2D eigenvalue weighted by Crippen LogP contribution is -2.24. The first-order chi connectivity index (χ1) is 10.1. The van der Waals surface area contributed by atoms with Crippen molar-refractivity contribution in [3.63, 3.8) is 0 Å². The third-order valence-corrected chi connectivity index (χ3v) is 4.33. The lowest BCUT2D eigenvalue weighted by Gasteiger charge is -2.17. The molecule has 21 heavy (non-hydrogen) atoms. The molecule has 0 spiro atoms. The number of hydrogen-bond donors (Lipinski definition) is 0. The van der Waals surface area contributed by atoms with Crippen molar-refractivity contribution in [2.45, 2.75) is 32.6 Å². The summed E-state index contributed by atoms with van der Waals surface area (Å²) >= 11 is 0. The predicted octanol–water partition coefficient (Wildman–Crippen LogP) is 3.13. The molecule has 0 saturated carbocycles. The maximum Gasteiger partial charge on any atom is 0.261 e. The first-order valence-electron chi connectivity index (χ1n) is 7.41. The number of benzene rings is 1. The lowest BCUT2D eigenvalue weighted by atomic mass is 9.90. The van der Waals surface area contributed by atoms with Gasteiger partial charge in [-0.05, 0) is 67.5 Å². The second-order valence-corrected chi connectivity index (χ2v) is 5.74. The molecule has 3 heteroatoms. The van der Waals surface area contributed by atoms with Crippen molar-refractivity contribution >= 4 is 5.78 Å². The molecule has 0 bridgehead atoms. The lowest BCUT2D eigenvalue weighted by molar-refractivity contribution is 0.101. The van der Waals surface area contributed by atoms with E-state index in [1.54, 1.807) is 17.7 Å². The number of ketones is 1. The molecule has 2 aromatic rings. The molecule has 3 rings (SSSR count). The molecule has 0 saturated heterocycles.